The van der Waals surface area contributed by atoms with E-state index in [1.165, 1.54) is 14.1 Å². The van der Waals surface area contributed by atoms with Gasteiger partial charge in [-0.05, 0) is 37.3 Å². The standard InChI is InChI=1S/C16H19ClF3N5O3/c1-8(9-4-5-9)25(7-16(18,19)20)10(26)6-24-11-12(21-14(24)17)22(2)15(28)23(3)13(11)27/h8-9H,4-7H2,1-3H3. The number of aryl methyl sites for hydroxylation is 1. The maximum Gasteiger partial charge on any atom is 0.406 e. The lowest BCUT2D eigenvalue weighted by Gasteiger charge is -2.30. The van der Waals surface area contributed by atoms with Gasteiger partial charge in [0.25, 0.3) is 5.56 Å². The predicted molar refractivity (Wildman–Crippen MR) is 95.2 cm³/mol. The molecule has 1 aliphatic carbocycles. The molecule has 2 heterocycles. The van der Waals surface area contributed by atoms with Crippen LogP contribution in [0.15, 0.2) is 9.59 Å². The summed E-state index contributed by atoms with van der Waals surface area (Å²) in [6.45, 7) is -0.391. The van der Waals surface area contributed by atoms with Crippen molar-refractivity contribution in [3.05, 3.63) is 26.1 Å². The lowest BCUT2D eigenvalue weighted by Crippen LogP contribution is -2.47. The van der Waals surface area contributed by atoms with E-state index in [1.807, 2.05) is 0 Å². The molecule has 0 spiro atoms. The second-order valence-corrected chi connectivity index (χ2v) is 7.40. The Morgan fingerprint density at radius 1 is 1.29 bits per heavy atom. The van der Waals surface area contributed by atoms with Crippen LogP contribution < -0.4 is 11.2 Å². The first-order valence-electron chi connectivity index (χ1n) is 8.60. The zero-order chi connectivity index (χ0) is 21.0. The van der Waals surface area contributed by atoms with Crippen molar-refractivity contribution in [2.24, 2.45) is 20.0 Å². The molecular formula is C16H19ClF3N5O3. The van der Waals surface area contributed by atoms with E-state index in [0.29, 0.717) is 0 Å². The van der Waals surface area contributed by atoms with Crippen LogP contribution in [0.4, 0.5) is 13.2 Å². The highest BCUT2D eigenvalue weighted by Gasteiger charge is 2.40. The number of hydrogen-bond donors (Lipinski definition) is 0. The number of nitrogens with zero attached hydrogens (tertiary/aromatic N) is 5. The summed E-state index contributed by atoms with van der Waals surface area (Å²) in [5, 5.41) is -0.257. The summed E-state index contributed by atoms with van der Waals surface area (Å²) in [5.74, 6) is -0.802. The molecule has 12 heteroatoms. The van der Waals surface area contributed by atoms with E-state index in [2.05, 4.69) is 4.98 Å². The fourth-order valence-electron chi connectivity index (χ4n) is 3.28. The minimum Gasteiger partial charge on any atom is -0.329 e. The smallest absolute Gasteiger partial charge is 0.329 e. The molecule has 0 aliphatic heterocycles. The van der Waals surface area contributed by atoms with Gasteiger partial charge >= 0.3 is 11.9 Å². The first-order chi connectivity index (χ1) is 12.9. The highest BCUT2D eigenvalue weighted by molar-refractivity contribution is 6.29. The van der Waals surface area contributed by atoms with Crippen molar-refractivity contribution >= 4 is 28.7 Å². The maximum absolute atomic E-state index is 13.0. The number of fused-ring (bicyclic) bond motifs is 1. The molecule has 1 unspecified atom stereocenters. The summed E-state index contributed by atoms with van der Waals surface area (Å²) >= 11 is 6.05. The van der Waals surface area contributed by atoms with Crippen molar-refractivity contribution < 1.29 is 18.0 Å². The van der Waals surface area contributed by atoms with E-state index < -0.39 is 42.5 Å². The van der Waals surface area contributed by atoms with Crippen molar-refractivity contribution in [3.8, 4) is 0 Å². The van der Waals surface area contributed by atoms with Crippen molar-refractivity contribution in [1.29, 1.82) is 0 Å². The number of imidazole rings is 1. The van der Waals surface area contributed by atoms with E-state index >= 15 is 0 Å². The molecule has 1 amide bonds. The van der Waals surface area contributed by atoms with Crippen molar-refractivity contribution in [2.45, 2.75) is 38.5 Å². The fraction of sp³-hybridized carbons (Fsp3) is 0.625. The zero-order valence-electron chi connectivity index (χ0n) is 15.5. The molecule has 1 fully saturated rings. The molecule has 0 aromatic carbocycles. The van der Waals surface area contributed by atoms with E-state index in [0.717, 1.165) is 31.4 Å². The van der Waals surface area contributed by atoms with Crippen LogP contribution in [-0.2, 0) is 25.4 Å². The molecule has 1 aliphatic rings. The highest BCUT2D eigenvalue weighted by atomic mass is 35.5. The third-order valence-corrected chi connectivity index (χ3v) is 5.35. The Balaban J connectivity index is 2.03. The van der Waals surface area contributed by atoms with Gasteiger partial charge in [-0.2, -0.15) is 18.2 Å². The SMILES string of the molecule is CC(C1CC1)N(CC(F)(F)F)C(=O)Cn1c(Cl)nc2c1c(=O)n(C)c(=O)n2C. The quantitative estimate of drug-likeness (QED) is 0.681. The van der Waals surface area contributed by atoms with Crippen LogP contribution in [0, 0.1) is 5.92 Å². The summed E-state index contributed by atoms with van der Waals surface area (Å²) < 4.78 is 42.0. The first-order valence-corrected chi connectivity index (χ1v) is 8.98. The average Bonchev–Trinajstić information content (AvgIpc) is 3.40. The Labute approximate surface area is 162 Å². The van der Waals surface area contributed by atoms with Gasteiger partial charge in [0, 0.05) is 20.1 Å². The molecule has 28 heavy (non-hydrogen) atoms. The number of aromatic nitrogens is 4. The summed E-state index contributed by atoms with van der Waals surface area (Å²) in [6.07, 6.45) is -3.03. The average molecular weight is 422 g/mol. The molecule has 0 radical (unpaired) electrons. The number of carbonyl (C=O) groups is 1. The molecule has 1 atom stereocenters. The van der Waals surface area contributed by atoms with Gasteiger partial charge in [0.1, 0.15) is 13.1 Å². The molecular weight excluding hydrogens is 403 g/mol. The minimum atomic E-state index is -4.56. The van der Waals surface area contributed by atoms with Gasteiger partial charge in [0.2, 0.25) is 11.2 Å². The normalized spacial score (nSPS) is 15.8. The van der Waals surface area contributed by atoms with Gasteiger partial charge in [-0.25, -0.2) is 4.79 Å². The van der Waals surface area contributed by atoms with E-state index in [9.17, 15) is 27.6 Å². The molecule has 2 aromatic heterocycles. The Morgan fingerprint density at radius 2 is 1.89 bits per heavy atom. The lowest BCUT2D eigenvalue weighted by molar-refractivity contribution is -0.166. The van der Waals surface area contributed by atoms with Gasteiger partial charge in [-0.1, -0.05) is 0 Å². The van der Waals surface area contributed by atoms with Crippen LogP contribution in [0.25, 0.3) is 11.2 Å². The van der Waals surface area contributed by atoms with Crippen LogP contribution >= 0.6 is 11.6 Å². The van der Waals surface area contributed by atoms with Gasteiger partial charge in [-0.3, -0.25) is 23.3 Å². The highest BCUT2D eigenvalue weighted by Crippen LogP contribution is 2.36. The number of alkyl halides is 3. The van der Waals surface area contributed by atoms with Crippen molar-refractivity contribution in [3.63, 3.8) is 0 Å². The number of rotatable bonds is 5. The third-order valence-electron chi connectivity index (χ3n) is 5.06. The summed E-state index contributed by atoms with van der Waals surface area (Å²) in [4.78, 5) is 42.0. The second-order valence-electron chi connectivity index (χ2n) is 7.06. The van der Waals surface area contributed by atoms with Gasteiger partial charge < -0.3 is 4.90 Å². The van der Waals surface area contributed by atoms with E-state index in [4.69, 9.17) is 11.6 Å². The van der Waals surface area contributed by atoms with Crippen LogP contribution in [0.3, 0.4) is 0 Å². The monoisotopic (exact) mass is 421 g/mol. The van der Waals surface area contributed by atoms with E-state index in [1.54, 1.807) is 6.92 Å². The Morgan fingerprint density at radius 3 is 2.43 bits per heavy atom. The topological polar surface area (TPSA) is 82.1 Å². The van der Waals surface area contributed by atoms with Crippen LogP contribution in [0.2, 0.25) is 5.28 Å². The number of halogens is 4. The Bertz CT molecular complexity index is 1050. The van der Waals surface area contributed by atoms with Crippen LogP contribution in [0.1, 0.15) is 19.8 Å². The molecule has 3 rings (SSSR count). The molecule has 154 valence electrons. The third kappa shape index (κ3) is 3.67. The molecule has 0 N–H and O–H groups in total. The molecule has 8 nitrogen and oxygen atoms in total. The van der Waals surface area contributed by atoms with Crippen molar-refractivity contribution in [1.82, 2.24) is 23.6 Å². The first kappa shape index (κ1) is 20.4. The Hall–Kier alpha value is -2.30. The predicted octanol–water partition coefficient (Wildman–Crippen LogP) is 1.28. The minimum absolute atomic E-state index is 0.0231. The van der Waals surface area contributed by atoms with E-state index in [-0.39, 0.29) is 22.4 Å². The largest absolute Gasteiger partial charge is 0.406 e. The lowest BCUT2D eigenvalue weighted by atomic mass is 10.1. The molecule has 1 saturated carbocycles. The number of hydrogen-bond acceptors (Lipinski definition) is 4. The number of carbonyl (C=O) groups excluding carboxylic acids is 1. The van der Waals surface area contributed by atoms with Crippen LogP contribution in [0.5, 0.6) is 0 Å². The Kier molecular flexibility index (Phi) is 5.07. The van der Waals surface area contributed by atoms with Gasteiger partial charge in [0.05, 0.1) is 0 Å². The van der Waals surface area contributed by atoms with Gasteiger partial charge in [-0.15, -0.1) is 0 Å². The maximum atomic E-state index is 13.0. The summed E-state index contributed by atoms with van der Waals surface area (Å²) in [6, 6.07) is -0.588. The fourth-order valence-corrected chi connectivity index (χ4v) is 3.50. The molecule has 0 saturated heterocycles. The summed E-state index contributed by atoms with van der Waals surface area (Å²) in [7, 11) is 2.63. The zero-order valence-corrected chi connectivity index (χ0v) is 16.2. The summed E-state index contributed by atoms with van der Waals surface area (Å²) in [5.41, 5.74) is -1.52. The molecule has 0 bridgehead atoms. The van der Waals surface area contributed by atoms with Crippen LogP contribution in [-0.4, -0.2) is 48.3 Å². The van der Waals surface area contributed by atoms with Gasteiger partial charge in [0.15, 0.2) is 11.2 Å². The van der Waals surface area contributed by atoms with Crippen molar-refractivity contribution in [2.75, 3.05) is 6.54 Å². The molecule has 2 aromatic rings. The number of amides is 1. The second kappa shape index (κ2) is 6.94.